The van der Waals surface area contributed by atoms with Gasteiger partial charge in [-0.3, -0.25) is 0 Å². The maximum Gasteiger partial charge on any atom is 0.138 e. The van der Waals surface area contributed by atoms with Crippen LogP contribution in [-0.4, -0.2) is 12.2 Å². The maximum atomic E-state index is 10.0. The number of methoxy groups -OCH3 is 1. The van der Waals surface area contributed by atoms with Crippen LogP contribution in [0.1, 0.15) is 17.4 Å². The molecule has 0 bridgehead atoms. The summed E-state index contributed by atoms with van der Waals surface area (Å²) in [5, 5.41) is 10.5. The Kier molecular flexibility index (Phi) is 3.17. The third-order valence-electron chi connectivity index (χ3n) is 2.31. The van der Waals surface area contributed by atoms with Crippen LogP contribution in [0.5, 0.6) is 5.75 Å². The fourth-order valence-electron chi connectivity index (χ4n) is 1.46. The van der Waals surface area contributed by atoms with E-state index in [2.05, 4.69) is 0 Å². The standard InChI is InChI=1S/C12H11ClO3/c1-15-8-4-5-9(10(13)7-8)12(14)11-3-2-6-16-11/h2-7,12,14H,1H3. The second-order valence-electron chi connectivity index (χ2n) is 3.31. The molecule has 1 aromatic heterocycles. The van der Waals surface area contributed by atoms with Crippen LogP contribution in [0.4, 0.5) is 0 Å². The predicted molar refractivity (Wildman–Crippen MR) is 60.8 cm³/mol. The molecule has 3 nitrogen and oxygen atoms in total. The van der Waals surface area contributed by atoms with Crippen LogP contribution >= 0.6 is 11.6 Å². The van der Waals surface area contributed by atoms with Gasteiger partial charge in [0.25, 0.3) is 0 Å². The van der Waals surface area contributed by atoms with Gasteiger partial charge in [0.1, 0.15) is 17.6 Å². The normalized spacial score (nSPS) is 12.4. The van der Waals surface area contributed by atoms with Crippen molar-refractivity contribution in [3.8, 4) is 5.75 Å². The lowest BCUT2D eigenvalue weighted by Gasteiger charge is -2.11. The first-order chi connectivity index (χ1) is 7.72. The van der Waals surface area contributed by atoms with Crippen LogP contribution in [-0.2, 0) is 0 Å². The SMILES string of the molecule is COc1ccc(C(O)c2ccco2)c(Cl)c1. The minimum absolute atomic E-state index is 0.447. The molecule has 0 amide bonds. The van der Waals surface area contributed by atoms with E-state index >= 15 is 0 Å². The summed E-state index contributed by atoms with van der Waals surface area (Å²) in [6.07, 6.45) is 0.657. The van der Waals surface area contributed by atoms with Crippen molar-refractivity contribution in [3.05, 3.63) is 52.9 Å². The van der Waals surface area contributed by atoms with Gasteiger partial charge in [0, 0.05) is 5.56 Å². The lowest BCUT2D eigenvalue weighted by Crippen LogP contribution is -1.99. The van der Waals surface area contributed by atoms with Crippen LogP contribution in [0.15, 0.2) is 41.0 Å². The van der Waals surface area contributed by atoms with Crippen molar-refractivity contribution in [1.29, 1.82) is 0 Å². The van der Waals surface area contributed by atoms with E-state index in [-0.39, 0.29) is 0 Å². The highest BCUT2D eigenvalue weighted by molar-refractivity contribution is 6.31. The van der Waals surface area contributed by atoms with Gasteiger partial charge in [-0.1, -0.05) is 17.7 Å². The lowest BCUT2D eigenvalue weighted by atomic mass is 10.1. The molecule has 0 saturated heterocycles. The zero-order chi connectivity index (χ0) is 11.5. The van der Waals surface area contributed by atoms with Gasteiger partial charge < -0.3 is 14.3 Å². The van der Waals surface area contributed by atoms with E-state index in [1.807, 2.05) is 0 Å². The highest BCUT2D eigenvalue weighted by Crippen LogP contribution is 2.31. The molecule has 0 aliphatic rings. The first-order valence-electron chi connectivity index (χ1n) is 4.77. The van der Waals surface area contributed by atoms with Crippen LogP contribution in [0.2, 0.25) is 5.02 Å². The molecule has 1 atom stereocenters. The van der Waals surface area contributed by atoms with Gasteiger partial charge in [0.2, 0.25) is 0 Å². The van der Waals surface area contributed by atoms with Crippen molar-refractivity contribution in [3.63, 3.8) is 0 Å². The Labute approximate surface area is 98.2 Å². The molecule has 2 aromatic rings. The second-order valence-corrected chi connectivity index (χ2v) is 3.71. The van der Waals surface area contributed by atoms with E-state index in [0.29, 0.717) is 22.1 Å². The van der Waals surface area contributed by atoms with Crippen LogP contribution < -0.4 is 4.74 Å². The zero-order valence-electron chi connectivity index (χ0n) is 8.68. The number of ether oxygens (including phenoxy) is 1. The Morgan fingerprint density at radius 2 is 2.19 bits per heavy atom. The van der Waals surface area contributed by atoms with E-state index in [1.54, 1.807) is 37.4 Å². The van der Waals surface area contributed by atoms with Gasteiger partial charge in [0.05, 0.1) is 18.4 Å². The van der Waals surface area contributed by atoms with Crippen molar-refractivity contribution in [1.82, 2.24) is 0 Å². The molecule has 0 aliphatic carbocycles. The molecule has 84 valence electrons. The summed E-state index contributed by atoms with van der Waals surface area (Å²) in [5.74, 6) is 1.12. The number of rotatable bonds is 3. The van der Waals surface area contributed by atoms with Crippen LogP contribution in [0.25, 0.3) is 0 Å². The van der Waals surface area contributed by atoms with Crippen LogP contribution in [0.3, 0.4) is 0 Å². The number of hydrogen-bond donors (Lipinski definition) is 1. The first-order valence-corrected chi connectivity index (χ1v) is 5.15. The highest BCUT2D eigenvalue weighted by atomic mass is 35.5. The number of halogens is 1. The molecule has 4 heteroatoms. The van der Waals surface area contributed by atoms with Crippen molar-refractivity contribution in [2.24, 2.45) is 0 Å². The van der Waals surface area contributed by atoms with Gasteiger partial charge >= 0.3 is 0 Å². The average molecular weight is 239 g/mol. The second kappa shape index (κ2) is 4.60. The Balaban J connectivity index is 2.34. The van der Waals surface area contributed by atoms with Crippen molar-refractivity contribution in [2.45, 2.75) is 6.10 Å². The maximum absolute atomic E-state index is 10.0. The Morgan fingerprint density at radius 1 is 1.38 bits per heavy atom. The largest absolute Gasteiger partial charge is 0.497 e. The number of aliphatic hydroxyl groups excluding tert-OH is 1. The predicted octanol–water partition coefficient (Wildman–Crippen LogP) is 3.02. The van der Waals surface area contributed by atoms with Crippen LogP contribution in [0, 0.1) is 0 Å². The summed E-state index contributed by atoms with van der Waals surface area (Å²) in [4.78, 5) is 0. The molecule has 0 fully saturated rings. The smallest absolute Gasteiger partial charge is 0.138 e. The Hall–Kier alpha value is -1.45. The lowest BCUT2D eigenvalue weighted by molar-refractivity contribution is 0.189. The third kappa shape index (κ3) is 2.05. The molecule has 0 saturated carbocycles. The molecule has 1 aromatic carbocycles. The molecule has 0 radical (unpaired) electrons. The molecule has 1 N–H and O–H groups in total. The van der Waals surface area contributed by atoms with Crippen molar-refractivity contribution >= 4 is 11.6 Å². The van der Waals surface area contributed by atoms with Gasteiger partial charge in [-0.25, -0.2) is 0 Å². The molecule has 1 heterocycles. The van der Waals surface area contributed by atoms with Gasteiger partial charge in [0.15, 0.2) is 0 Å². The monoisotopic (exact) mass is 238 g/mol. The van der Waals surface area contributed by atoms with E-state index in [4.69, 9.17) is 20.8 Å². The summed E-state index contributed by atoms with van der Waals surface area (Å²) in [5.41, 5.74) is 0.595. The number of benzene rings is 1. The van der Waals surface area contributed by atoms with E-state index in [0.717, 1.165) is 0 Å². The fourth-order valence-corrected chi connectivity index (χ4v) is 1.73. The number of aliphatic hydroxyl groups is 1. The van der Waals surface area contributed by atoms with Crippen molar-refractivity contribution in [2.75, 3.05) is 7.11 Å². The molecular formula is C12H11ClO3. The van der Waals surface area contributed by atoms with Gasteiger partial charge in [-0.2, -0.15) is 0 Å². The molecule has 16 heavy (non-hydrogen) atoms. The summed E-state index contributed by atoms with van der Waals surface area (Å²) in [6, 6.07) is 8.53. The zero-order valence-corrected chi connectivity index (χ0v) is 9.44. The van der Waals surface area contributed by atoms with Gasteiger partial charge in [-0.15, -0.1) is 0 Å². The van der Waals surface area contributed by atoms with E-state index in [1.165, 1.54) is 6.26 Å². The first kappa shape index (κ1) is 11.0. The Bertz CT molecular complexity index is 465. The number of hydrogen-bond acceptors (Lipinski definition) is 3. The minimum Gasteiger partial charge on any atom is -0.497 e. The van der Waals surface area contributed by atoms with E-state index < -0.39 is 6.10 Å². The average Bonchev–Trinajstić information content (AvgIpc) is 2.81. The number of furan rings is 1. The minimum atomic E-state index is -0.853. The van der Waals surface area contributed by atoms with Crippen molar-refractivity contribution < 1.29 is 14.3 Å². The summed E-state index contributed by atoms with van der Waals surface area (Å²) < 4.78 is 10.2. The summed E-state index contributed by atoms with van der Waals surface area (Å²) >= 11 is 6.04. The molecule has 0 spiro atoms. The highest BCUT2D eigenvalue weighted by Gasteiger charge is 2.16. The molecule has 0 aliphatic heterocycles. The molecule has 1 unspecified atom stereocenters. The topological polar surface area (TPSA) is 42.6 Å². The summed E-state index contributed by atoms with van der Waals surface area (Å²) in [7, 11) is 1.56. The molecule has 2 rings (SSSR count). The Morgan fingerprint density at radius 3 is 2.75 bits per heavy atom. The quantitative estimate of drug-likeness (QED) is 0.894. The fraction of sp³-hybridized carbons (Fsp3) is 0.167. The third-order valence-corrected chi connectivity index (χ3v) is 2.64. The summed E-state index contributed by atoms with van der Waals surface area (Å²) in [6.45, 7) is 0. The van der Waals surface area contributed by atoms with E-state index in [9.17, 15) is 5.11 Å². The van der Waals surface area contributed by atoms with Gasteiger partial charge in [-0.05, 0) is 24.3 Å². The molecular weight excluding hydrogens is 228 g/mol.